The Bertz CT molecular complexity index is 1280. The lowest BCUT2D eigenvalue weighted by Gasteiger charge is -2.38. The third-order valence-electron chi connectivity index (χ3n) is 6.63. The molecule has 8 nitrogen and oxygen atoms in total. The molecule has 4 rings (SSSR count). The van der Waals surface area contributed by atoms with Crippen molar-refractivity contribution >= 4 is 50.2 Å². The fraction of sp³-hybridized carbons (Fsp3) is 0.409. The molecule has 36 heavy (non-hydrogen) atoms. The van der Waals surface area contributed by atoms with Gasteiger partial charge < -0.3 is 11.1 Å². The lowest BCUT2D eigenvalue weighted by molar-refractivity contribution is -0.384. The standard InChI is InChI=1S/C22H22ClF3N4O4S2/c23-14-4-1-12(2-5-14)20(21(27)35)13-3-8-19(30(31)32)18(9-13)28-15-10-16-6-7-17(11-15)29(16)36(33,34)22(24,25)26/h1-5,8-9,15-17,20,28H,6-7,10-11H2,(H2,27,35). The Morgan fingerprint density at radius 3 is 2.19 bits per heavy atom. The van der Waals surface area contributed by atoms with Gasteiger partial charge in [-0.25, -0.2) is 8.42 Å². The van der Waals surface area contributed by atoms with Gasteiger partial charge in [0.15, 0.2) is 0 Å². The van der Waals surface area contributed by atoms with E-state index in [1.807, 2.05) is 0 Å². The van der Waals surface area contributed by atoms with E-state index >= 15 is 0 Å². The molecule has 2 fully saturated rings. The first kappa shape index (κ1) is 26.6. The first-order valence-electron chi connectivity index (χ1n) is 11.0. The number of thiocarbonyl (C=S) groups is 1. The second-order valence-electron chi connectivity index (χ2n) is 8.90. The predicted molar refractivity (Wildman–Crippen MR) is 133 cm³/mol. The number of hydrogen-bond acceptors (Lipinski definition) is 6. The number of rotatable bonds is 7. The van der Waals surface area contributed by atoms with Crippen LogP contribution >= 0.6 is 23.8 Å². The van der Waals surface area contributed by atoms with Crippen molar-refractivity contribution in [1.82, 2.24) is 4.31 Å². The van der Waals surface area contributed by atoms with E-state index in [2.05, 4.69) is 5.32 Å². The van der Waals surface area contributed by atoms with Crippen LogP contribution in [0.5, 0.6) is 0 Å². The van der Waals surface area contributed by atoms with Crippen molar-refractivity contribution in [2.45, 2.75) is 55.2 Å². The highest BCUT2D eigenvalue weighted by molar-refractivity contribution is 7.90. The summed E-state index contributed by atoms with van der Waals surface area (Å²) in [5.41, 5.74) is 1.86. The van der Waals surface area contributed by atoms with Crippen LogP contribution in [0, 0.1) is 10.1 Å². The molecule has 0 aromatic heterocycles. The number of nitrogens with two attached hydrogens (primary N) is 1. The number of nitro groups is 1. The lowest BCUT2D eigenvalue weighted by Crippen LogP contribution is -2.53. The lowest BCUT2D eigenvalue weighted by atomic mass is 9.90. The number of nitrogens with zero attached hydrogens (tertiary/aromatic N) is 2. The SMILES string of the molecule is NC(=S)C(c1ccc(Cl)cc1)c1ccc([N+](=O)[O-])c(NC2CC3CCC(C2)N3S(=O)(=O)C(F)(F)F)c1. The van der Waals surface area contributed by atoms with Gasteiger partial charge in [-0.1, -0.05) is 42.0 Å². The number of hydrogen-bond donors (Lipinski definition) is 2. The van der Waals surface area contributed by atoms with E-state index in [9.17, 15) is 31.7 Å². The average Bonchev–Trinajstić information content (AvgIpc) is 3.06. The number of benzene rings is 2. The maximum Gasteiger partial charge on any atom is 0.511 e. The molecule has 2 bridgehead atoms. The van der Waals surface area contributed by atoms with Crippen molar-refractivity contribution in [3.05, 3.63) is 68.7 Å². The molecule has 2 saturated heterocycles. The van der Waals surface area contributed by atoms with Crippen molar-refractivity contribution in [3.8, 4) is 0 Å². The molecule has 0 amide bonds. The summed E-state index contributed by atoms with van der Waals surface area (Å²) in [5.74, 6) is -0.562. The monoisotopic (exact) mass is 562 g/mol. The highest BCUT2D eigenvalue weighted by atomic mass is 35.5. The van der Waals surface area contributed by atoms with Crippen molar-refractivity contribution in [2.24, 2.45) is 5.73 Å². The zero-order valence-electron chi connectivity index (χ0n) is 18.6. The van der Waals surface area contributed by atoms with Crippen LogP contribution in [0.15, 0.2) is 42.5 Å². The summed E-state index contributed by atoms with van der Waals surface area (Å²) >= 11 is 11.2. The summed E-state index contributed by atoms with van der Waals surface area (Å²) < 4.78 is 64.2. The summed E-state index contributed by atoms with van der Waals surface area (Å²) in [6.07, 6.45) is 0.757. The van der Waals surface area contributed by atoms with Crippen molar-refractivity contribution < 1.29 is 26.5 Å². The number of halogens is 4. The summed E-state index contributed by atoms with van der Waals surface area (Å²) in [6, 6.07) is 9.11. The zero-order chi connectivity index (χ0) is 26.4. The van der Waals surface area contributed by atoms with Gasteiger partial charge >= 0.3 is 15.5 Å². The minimum atomic E-state index is -5.45. The minimum absolute atomic E-state index is 0.0864. The smallest absolute Gasteiger partial charge is 0.393 e. The Labute approximate surface area is 215 Å². The van der Waals surface area contributed by atoms with E-state index in [0.29, 0.717) is 27.7 Å². The molecule has 2 heterocycles. The van der Waals surface area contributed by atoms with Crippen LogP contribution in [-0.2, 0) is 10.0 Å². The first-order valence-corrected chi connectivity index (χ1v) is 13.2. The minimum Gasteiger partial charge on any atom is -0.393 e. The van der Waals surface area contributed by atoms with Crippen molar-refractivity contribution in [3.63, 3.8) is 0 Å². The van der Waals surface area contributed by atoms with Crippen LogP contribution in [0.3, 0.4) is 0 Å². The Hall–Kier alpha value is -2.48. The molecule has 0 spiro atoms. The molecule has 14 heteroatoms. The molecule has 2 aromatic rings. The highest BCUT2D eigenvalue weighted by Crippen LogP contribution is 2.43. The largest absolute Gasteiger partial charge is 0.511 e. The number of nitro benzene ring substituents is 1. The van der Waals surface area contributed by atoms with Gasteiger partial charge in [0, 0.05) is 29.2 Å². The molecular weight excluding hydrogens is 541 g/mol. The van der Waals surface area contributed by atoms with Crippen LogP contribution in [-0.4, -0.2) is 46.3 Å². The molecule has 3 N–H and O–H groups in total. The summed E-state index contributed by atoms with van der Waals surface area (Å²) in [7, 11) is -5.45. The molecule has 0 radical (unpaired) electrons. The van der Waals surface area contributed by atoms with Crippen molar-refractivity contribution in [2.75, 3.05) is 5.32 Å². The third-order valence-corrected chi connectivity index (χ3v) is 8.86. The number of anilines is 1. The average molecular weight is 563 g/mol. The van der Waals surface area contributed by atoms with Crippen LogP contribution in [0.1, 0.15) is 42.7 Å². The molecule has 3 atom stereocenters. The van der Waals surface area contributed by atoms with Gasteiger partial charge in [0.1, 0.15) is 5.69 Å². The van der Waals surface area contributed by atoms with E-state index in [0.717, 1.165) is 5.56 Å². The zero-order valence-corrected chi connectivity index (χ0v) is 21.0. The molecule has 2 aromatic carbocycles. The van der Waals surface area contributed by atoms with Gasteiger partial charge in [0.25, 0.3) is 5.69 Å². The summed E-state index contributed by atoms with van der Waals surface area (Å²) in [4.78, 5) is 11.3. The Morgan fingerprint density at radius 2 is 1.69 bits per heavy atom. The number of fused-ring (bicyclic) bond motifs is 2. The van der Waals surface area contributed by atoms with Gasteiger partial charge in [-0.15, -0.1) is 0 Å². The summed E-state index contributed by atoms with van der Waals surface area (Å²) in [5, 5.41) is 15.3. The molecule has 2 aliphatic rings. The van der Waals surface area contributed by atoms with E-state index in [-0.39, 0.29) is 29.2 Å². The van der Waals surface area contributed by atoms with Gasteiger partial charge in [0.2, 0.25) is 0 Å². The fourth-order valence-corrected chi connectivity index (χ4v) is 6.97. The van der Waals surface area contributed by atoms with Gasteiger partial charge in [-0.05, 0) is 55.0 Å². The van der Waals surface area contributed by atoms with E-state index in [1.165, 1.54) is 6.07 Å². The number of alkyl halides is 3. The number of nitrogens with one attached hydrogen (secondary N) is 1. The van der Waals surface area contributed by atoms with Crippen LogP contribution in [0.2, 0.25) is 5.02 Å². The summed E-state index contributed by atoms with van der Waals surface area (Å²) in [6.45, 7) is 0. The van der Waals surface area contributed by atoms with Crippen LogP contribution < -0.4 is 11.1 Å². The molecule has 0 saturated carbocycles. The number of sulfonamides is 1. The highest BCUT2D eigenvalue weighted by Gasteiger charge is 2.57. The second kappa shape index (κ2) is 9.77. The number of piperidine rings is 1. The molecule has 0 aliphatic carbocycles. The quantitative estimate of drug-likeness (QED) is 0.279. The Kier molecular flexibility index (Phi) is 7.21. The normalized spacial score (nSPS) is 23.3. The third kappa shape index (κ3) is 5.01. The molecule has 194 valence electrons. The topological polar surface area (TPSA) is 119 Å². The second-order valence-corrected chi connectivity index (χ2v) is 11.6. The maximum atomic E-state index is 13.2. The first-order chi connectivity index (χ1) is 16.8. The van der Waals surface area contributed by atoms with Gasteiger partial charge in [-0.3, -0.25) is 10.1 Å². The molecular formula is C22H22ClF3N4O4S2. The fourth-order valence-electron chi connectivity index (χ4n) is 5.17. The predicted octanol–water partition coefficient (Wildman–Crippen LogP) is 4.92. The van der Waals surface area contributed by atoms with E-state index < -0.39 is 44.5 Å². The molecule has 2 aliphatic heterocycles. The molecule has 3 unspecified atom stereocenters. The van der Waals surface area contributed by atoms with Crippen LogP contribution in [0.25, 0.3) is 0 Å². The Balaban J connectivity index is 1.63. The van der Waals surface area contributed by atoms with Crippen molar-refractivity contribution in [1.29, 1.82) is 0 Å². The van der Waals surface area contributed by atoms with E-state index in [1.54, 1.807) is 36.4 Å². The Morgan fingerprint density at radius 1 is 1.14 bits per heavy atom. The maximum absolute atomic E-state index is 13.2. The van der Waals surface area contributed by atoms with Gasteiger partial charge in [0.05, 0.1) is 15.8 Å². The van der Waals surface area contributed by atoms with Gasteiger partial charge in [-0.2, -0.15) is 17.5 Å². The van der Waals surface area contributed by atoms with Crippen LogP contribution in [0.4, 0.5) is 24.5 Å². The van der Waals surface area contributed by atoms with E-state index in [4.69, 9.17) is 29.6 Å².